The lowest BCUT2D eigenvalue weighted by Crippen LogP contribution is -2.56. The van der Waals surface area contributed by atoms with Gasteiger partial charge in [-0.15, -0.1) is 0 Å². The SMILES string of the molecule is NC(CS)(C(=O)O)C(=O)c1ccccc1. The fourth-order valence-electron chi connectivity index (χ4n) is 1.08. The van der Waals surface area contributed by atoms with Crippen LogP contribution in [-0.4, -0.2) is 28.2 Å². The molecule has 0 aliphatic carbocycles. The Morgan fingerprint density at radius 3 is 2.27 bits per heavy atom. The van der Waals surface area contributed by atoms with E-state index in [-0.39, 0.29) is 11.3 Å². The van der Waals surface area contributed by atoms with Crippen molar-refractivity contribution >= 4 is 24.4 Å². The Morgan fingerprint density at radius 2 is 1.87 bits per heavy atom. The van der Waals surface area contributed by atoms with E-state index in [2.05, 4.69) is 12.6 Å². The number of hydrogen-bond donors (Lipinski definition) is 3. The van der Waals surface area contributed by atoms with Crippen molar-refractivity contribution in [2.75, 3.05) is 5.75 Å². The molecule has 3 N–H and O–H groups in total. The van der Waals surface area contributed by atoms with Gasteiger partial charge in [0.2, 0.25) is 0 Å². The molecule has 0 amide bonds. The fourth-order valence-corrected chi connectivity index (χ4v) is 1.36. The van der Waals surface area contributed by atoms with Crippen molar-refractivity contribution in [2.24, 2.45) is 5.73 Å². The second-order valence-electron chi connectivity index (χ2n) is 3.13. The molecular formula is C10H11NO3S. The van der Waals surface area contributed by atoms with Crippen molar-refractivity contribution in [2.45, 2.75) is 5.54 Å². The summed E-state index contributed by atoms with van der Waals surface area (Å²) >= 11 is 3.80. The molecule has 0 saturated carbocycles. The first-order valence-corrected chi connectivity index (χ1v) is 4.88. The molecule has 4 nitrogen and oxygen atoms in total. The summed E-state index contributed by atoms with van der Waals surface area (Å²) in [6.45, 7) is 0. The average molecular weight is 225 g/mol. The van der Waals surface area contributed by atoms with E-state index in [1.54, 1.807) is 18.2 Å². The zero-order chi connectivity index (χ0) is 11.5. The van der Waals surface area contributed by atoms with Crippen molar-refractivity contribution in [3.8, 4) is 0 Å². The number of carboxylic acids is 1. The van der Waals surface area contributed by atoms with Gasteiger partial charge in [-0.05, 0) is 0 Å². The molecule has 0 radical (unpaired) electrons. The number of carbonyl (C=O) groups is 2. The van der Waals surface area contributed by atoms with Gasteiger partial charge < -0.3 is 10.8 Å². The van der Waals surface area contributed by atoms with Crippen LogP contribution in [0.1, 0.15) is 10.4 Å². The summed E-state index contributed by atoms with van der Waals surface area (Å²) in [5, 5.41) is 8.87. The number of aliphatic carboxylic acids is 1. The molecule has 0 spiro atoms. The molecule has 1 atom stereocenters. The standard InChI is InChI=1S/C10H11NO3S/c11-10(6-15,9(13)14)8(12)7-4-2-1-3-5-7/h1-5,15H,6,11H2,(H,13,14). The van der Waals surface area contributed by atoms with Crippen LogP contribution in [0.25, 0.3) is 0 Å². The zero-order valence-electron chi connectivity index (χ0n) is 7.88. The minimum atomic E-state index is -1.95. The lowest BCUT2D eigenvalue weighted by Gasteiger charge is -2.20. The third kappa shape index (κ3) is 2.19. The normalized spacial score (nSPS) is 14.3. The van der Waals surface area contributed by atoms with Gasteiger partial charge in [-0.2, -0.15) is 12.6 Å². The first-order chi connectivity index (χ1) is 7.02. The highest BCUT2D eigenvalue weighted by Gasteiger charge is 2.41. The van der Waals surface area contributed by atoms with Crippen LogP contribution in [0.4, 0.5) is 0 Å². The van der Waals surface area contributed by atoms with Crippen LogP contribution in [0.2, 0.25) is 0 Å². The van der Waals surface area contributed by atoms with Crippen LogP contribution in [-0.2, 0) is 4.79 Å². The predicted molar refractivity (Wildman–Crippen MR) is 59.2 cm³/mol. The second kappa shape index (κ2) is 4.46. The van der Waals surface area contributed by atoms with Crippen LogP contribution in [0.3, 0.4) is 0 Å². The third-order valence-electron chi connectivity index (χ3n) is 2.07. The van der Waals surface area contributed by atoms with E-state index in [1.807, 2.05) is 0 Å². The largest absolute Gasteiger partial charge is 0.480 e. The number of carbonyl (C=O) groups excluding carboxylic acids is 1. The van der Waals surface area contributed by atoms with Crippen molar-refractivity contribution in [3.63, 3.8) is 0 Å². The molecule has 0 saturated heterocycles. The van der Waals surface area contributed by atoms with Crippen LogP contribution in [0.15, 0.2) is 30.3 Å². The van der Waals surface area contributed by atoms with Crippen LogP contribution >= 0.6 is 12.6 Å². The van der Waals surface area contributed by atoms with E-state index < -0.39 is 17.3 Å². The molecule has 0 aromatic heterocycles. The van der Waals surface area contributed by atoms with E-state index in [4.69, 9.17) is 10.8 Å². The quantitative estimate of drug-likeness (QED) is 0.398. The van der Waals surface area contributed by atoms with Crippen molar-refractivity contribution in [3.05, 3.63) is 35.9 Å². The summed E-state index contributed by atoms with van der Waals surface area (Å²) in [6.07, 6.45) is 0. The highest BCUT2D eigenvalue weighted by molar-refractivity contribution is 7.80. The summed E-state index contributed by atoms with van der Waals surface area (Å²) in [6, 6.07) is 8.07. The lowest BCUT2D eigenvalue weighted by molar-refractivity contribution is -0.140. The van der Waals surface area contributed by atoms with Gasteiger partial charge in [-0.1, -0.05) is 30.3 Å². The fraction of sp³-hybridized carbons (Fsp3) is 0.200. The number of thiol groups is 1. The average Bonchev–Trinajstić information content (AvgIpc) is 2.28. The molecular weight excluding hydrogens is 214 g/mol. The summed E-state index contributed by atoms with van der Waals surface area (Å²) in [5.74, 6) is -2.24. The number of Topliss-reactive ketones (excluding diaryl/α,β-unsaturated/α-hetero) is 1. The molecule has 0 heterocycles. The third-order valence-corrected chi connectivity index (χ3v) is 2.57. The number of rotatable bonds is 4. The van der Waals surface area contributed by atoms with Gasteiger partial charge >= 0.3 is 5.97 Å². The molecule has 15 heavy (non-hydrogen) atoms. The summed E-state index contributed by atoms with van der Waals surface area (Å²) in [7, 11) is 0. The molecule has 1 rings (SSSR count). The van der Waals surface area contributed by atoms with E-state index in [1.165, 1.54) is 12.1 Å². The first-order valence-electron chi connectivity index (χ1n) is 4.25. The molecule has 0 bridgehead atoms. The Morgan fingerprint density at radius 1 is 1.33 bits per heavy atom. The summed E-state index contributed by atoms with van der Waals surface area (Å²) < 4.78 is 0. The second-order valence-corrected chi connectivity index (χ2v) is 3.45. The van der Waals surface area contributed by atoms with Gasteiger partial charge in [0, 0.05) is 11.3 Å². The van der Waals surface area contributed by atoms with Crippen molar-refractivity contribution < 1.29 is 14.7 Å². The van der Waals surface area contributed by atoms with E-state index >= 15 is 0 Å². The minimum Gasteiger partial charge on any atom is -0.480 e. The van der Waals surface area contributed by atoms with Gasteiger partial charge in [0.15, 0.2) is 11.3 Å². The van der Waals surface area contributed by atoms with Gasteiger partial charge in [-0.25, -0.2) is 4.79 Å². The van der Waals surface area contributed by atoms with Crippen LogP contribution in [0.5, 0.6) is 0 Å². The molecule has 1 aromatic rings. The monoisotopic (exact) mass is 225 g/mol. The molecule has 80 valence electrons. The summed E-state index contributed by atoms with van der Waals surface area (Å²) in [4.78, 5) is 22.7. The first kappa shape index (κ1) is 11.7. The Hall–Kier alpha value is -1.33. The topological polar surface area (TPSA) is 80.4 Å². The van der Waals surface area contributed by atoms with Gasteiger partial charge in [-0.3, -0.25) is 4.79 Å². The maximum absolute atomic E-state index is 11.8. The van der Waals surface area contributed by atoms with Crippen molar-refractivity contribution in [1.29, 1.82) is 0 Å². The van der Waals surface area contributed by atoms with E-state index in [9.17, 15) is 9.59 Å². The molecule has 0 fully saturated rings. The molecule has 5 heteroatoms. The lowest BCUT2D eigenvalue weighted by atomic mass is 9.92. The summed E-state index contributed by atoms with van der Waals surface area (Å²) in [5.41, 5.74) is 3.81. The number of carboxylic acid groups (broad SMARTS) is 1. The molecule has 0 aliphatic heterocycles. The maximum atomic E-state index is 11.8. The highest BCUT2D eigenvalue weighted by atomic mass is 32.1. The molecule has 0 aliphatic rings. The van der Waals surface area contributed by atoms with Gasteiger partial charge in [0.1, 0.15) is 0 Å². The van der Waals surface area contributed by atoms with Gasteiger partial charge in [0.25, 0.3) is 0 Å². The van der Waals surface area contributed by atoms with Crippen LogP contribution < -0.4 is 5.73 Å². The minimum absolute atomic E-state index is 0.240. The number of nitrogens with two attached hydrogens (primary N) is 1. The molecule has 1 unspecified atom stereocenters. The Balaban J connectivity index is 3.08. The van der Waals surface area contributed by atoms with E-state index in [0.29, 0.717) is 0 Å². The molecule has 1 aromatic carbocycles. The zero-order valence-corrected chi connectivity index (χ0v) is 8.78. The maximum Gasteiger partial charge on any atom is 0.332 e. The smallest absolute Gasteiger partial charge is 0.332 e. The van der Waals surface area contributed by atoms with E-state index in [0.717, 1.165) is 0 Å². The van der Waals surface area contributed by atoms with Gasteiger partial charge in [0.05, 0.1) is 0 Å². The Bertz CT molecular complexity index is 380. The van der Waals surface area contributed by atoms with Crippen molar-refractivity contribution in [1.82, 2.24) is 0 Å². The number of ketones is 1. The Kier molecular flexibility index (Phi) is 3.49. The number of hydrogen-bond acceptors (Lipinski definition) is 4. The Labute approximate surface area is 92.5 Å². The van der Waals surface area contributed by atoms with Crippen LogP contribution in [0, 0.1) is 0 Å². The predicted octanol–water partition coefficient (Wildman–Crippen LogP) is 0.581. The highest BCUT2D eigenvalue weighted by Crippen LogP contribution is 2.13. The number of benzene rings is 1.